The zero-order valence-corrected chi connectivity index (χ0v) is 16.1. The fraction of sp³-hybridized carbons (Fsp3) is 0.250. The van der Waals surface area contributed by atoms with Crippen molar-refractivity contribution in [1.82, 2.24) is 4.57 Å². The Morgan fingerprint density at radius 1 is 1.19 bits per heavy atom. The van der Waals surface area contributed by atoms with Crippen molar-refractivity contribution in [2.75, 3.05) is 7.11 Å². The summed E-state index contributed by atoms with van der Waals surface area (Å²) in [6.07, 6.45) is 0.0603. The normalized spacial score (nSPS) is 11.8. The van der Waals surface area contributed by atoms with E-state index in [1.54, 1.807) is 16.7 Å². The maximum absolute atomic E-state index is 13.0. The van der Waals surface area contributed by atoms with Gasteiger partial charge in [0.25, 0.3) is 5.91 Å². The number of hydrogen-bond donors (Lipinski definition) is 0. The van der Waals surface area contributed by atoms with Gasteiger partial charge in [0.05, 0.1) is 23.7 Å². The number of benzene rings is 2. The molecule has 2 aromatic carbocycles. The first-order chi connectivity index (χ1) is 12.9. The second kappa shape index (κ2) is 7.84. The second-order valence-electron chi connectivity index (χ2n) is 6.29. The molecule has 3 rings (SSSR count). The molecule has 1 amide bonds. The van der Waals surface area contributed by atoms with Crippen LogP contribution in [0.2, 0.25) is 0 Å². The Balaban J connectivity index is 2.05. The van der Waals surface area contributed by atoms with Gasteiger partial charge in [0.1, 0.15) is 12.4 Å². The zero-order valence-electron chi connectivity index (χ0n) is 15.3. The Labute approximate surface area is 159 Å². The molecule has 0 aliphatic rings. The van der Waals surface area contributed by atoms with Gasteiger partial charge >= 0.3 is 5.97 Å². The summed E-state index contributed by atoms with van der Waals surface area (Å²) in [6, 6.07) is 9.75. The maximum atomic E-state index is 13.0. The number of rotatable bonds is 4. The van der Waals surface area contributed by atoms with Crippen LogP contribution in [0.5, 0.6) is 0 Å². The van der Waals surface area contributed by atoms with E-state index in [2.05, 4.69) is 4.99 Å². The standard InChI is InChI=1S/C20H19FN2O3S/c1-12-8-13(2)19-16(9-12)23(11-18(25)26-3)20(27-19)22-17(24)10-14-4-6-15(21)7-5-14/h4-9H,10-11H2,1-3H3. The van der Waals surface area contributed by atoms with Crippen molar-refractivity contribution in [3.63, 3.8) is 0 Å². The van der Waals surface area contributed by atoms with Crippen LogP contribution in [0.25, 0.3) is 10.2 Å². The molecule has 140 valence electrons. The van der Waals surface area contributed by atoms with Crippen molar-refractivity contribution in [1.29, 1.82) is 0 Å². The van der Waals surface area contributed by atoms with Gasteiger partial charge < -0.3 is 9.30 Å². The third-order valence-electron chi connectivity index (χ3n) is 4.12. The summed E-state index contributed by atoms with van der Waals surface area (Å²) in [5.74, 6) is -1.13. The number of esters is 1. The summed E-state index contributed by atoms with van der Waals surface area (Å²) in [6.45, 7) is 3.93. The van der Waals surface area contributed by atoms with Crippen LogP contribution in [-0.4, -0.2) is 23.6 Å². The quantitative estimate of drug-likeness (QED) is 0.647. The third kappa shape index (κ3) is 4.31. The topological polar surface area (TPSA) is 60.7 Å². The Morgan fingerprint density at radius 3 is 2.56 bits per heavy atom. The number of aryl methyl sites for hydroxylation is 2. The van der Waals surface area contributed by atoms with Gasteiger partial charge in [0, 0.05) is 0 Å². The van der Waals surface area contributed by atoms with Gasteiger partial charge in [0.2, 0.25) is 0 Å². The average molecular weight is 386 g/mol. The van der Waals surface area contributed by atoms with E-state index >= 15 is 0 Å². The average Bonchev–Trinajstić information content (AvgIpc) is 2.94. The molecule has 0 atom stereocenters. The number of aromatic nitrogens is 1. The number of carbonyl (C=O) groups is 2. The van der Waals surface area contributed by atoms with E-state index in [9.17, 15) is 14.0 Å². The summed E-state index contributed by atoms with van der Waals surface area (Å²) in [5, 5.41) is 0. The first-order valence-corrected chi connectivity index (χ1v) is 9.18. The fourth-order valence-corrected chi connectivity index (χ4v) is 3.96. The number of fused-ring (bicyclic) bond motifs is 1. The molecule has 0 aliphatic carbocycles. The molecule has 0 bridgehead atoms. The minimum atomic E-state index is -0.415. The van der Waals surface area contributed by atoms with Crippen LogP contribution in [0.1, 0.15) is 16.7 Å². The second-order valence-corrected chi connectivity index (χ2v) is 7.26. The first-order valence-electron chi connectivity index (χ1n) is 8.37. The van der Waals surface area contributed by atoms with Crippen LogP contribution in [0.4, 0.5) is 4.39 Å². The highest BCUT2D eigenvalue weighted by atomic mass is 32.1. The van der Waals surface area contributed by atoms with Gasteiger partial charge in [-0.05, 0) is 48.7 Å². The predicted molar refractivity (Wildman–Crippen MR) is 102 cm³/mol. The molecule has 1 aromatic heterocycles. The molecule has 27 heavy (non-hydrogen) atoms. The number of nitrogens with zero attached hydrogens (tertiary/aromatic N) is 2. The summed E-state index contributed by atoms with van der Waals surface area (Å²) >= 11 is 1.36. The molecule has 3 aromatic rings. The minimum Gasteiger partial charge on any atom is -0.468 e. The molecule has 0 radical (unpaired) electrons. The third-order valence-corrected chi connectivity index (χ3v) is 5.35. The van der Waals surface area contributed by atoms with E-state index < -0.39 is 5.97 Å². The van der Waals surface area contributed by atoms with Gasteiger partial charge in [-0.25, -0.2) is 4.39 Å². The van der Waals surface area contributed by atoms with Crippen molar-refractivity contribution in [3.8, 4) is 0 Å². The lowest BCUT2D eigenvalue weighted by molar-refractivity contribution is -0.141. The molecule has 0 saturated heterocycles. The van der Waals surface area contributed by atoms with E-state index in [1.807, 2.05) is 26.0 Å². The summed E-state index contributed by atoms with van der Waals surface area (Å²) in [4.78, 5) is 28.9. The Bertz CT molecular complexity index is 1080. The summed E-state index contributed by atoms with van der Waals surface area (Å²) in [5.41, 5.74) is 3.63. The SMILES string of the molecule is COC(=O)Cn1c(=NC(=O)Cc2ccc(F)cc2)sc2c(C)cc(C)cc21. The minimum absolute atomic E-state index is 0.0257. The number of hydrogen-bond acceptors (Lipinski definition) is 4. The fourth-order valence-electron chi connectivity index (χ4n) is 2.87. The number of ether oxygens (including phenoxy) is 1. The van der Waals surface area contributed by atoms with Crippen molar-refractivity contribution in [2.45, 2.75) is 26.8 Å². The first kappa shape index (κ1) is 19.0. The van der Waals surface area contributed by atoms with Crippen molar-refractivity contribution < 1.29 is 18.7 Å². The number of methoxy groups -OCH3 is 1. The molecule has 0 fully saturated rings. The molecule has 7 heteroatoms. The Morgan fingerprint density at radius 2 is 1.89 bits per heavy atom. The summed E-state index contributed by atoms with van der Waals surface area (Å²) < 4.78 is 20.5. The Hall–Kier alpha value is -2.80. The van der Waals surface area contributed by atoms with Crippen LogP contribution in [0.15, 0.2) is 41.4 Å². The Kier molecular flexibility index (Phi) is 5.51. The molecule has 0 N–H and O–H groups in total. The lowest BCUT2D eigenvalue weighted by Gasteiger charge is -2.05. The highest BCUT2D eigenvalue weighted by Gasteiger charge is 2.14. The van der Waals surface area contributed by atoms with E-state index in [1.165, 1.54) is 30.6 Å². The number of carbonyl (C=O) groups excluding carboxylic acids is 2. The zero-order chi connectivity index (χ0) is 19.6. The van der Waals surface area contributed by atoms with Gasteiger partial charge in [0.15, 0.2) is 4.80 Å². The molecule has 0 saturated carbocycles. The molecule has 5 nitrogen and oxygen atoms in total. The molecule has 0 unspecified atom stereocenters. The van der Waals surface area contributed by atoms with E-state index in [4.69, 9.17) is 4.74 Å². The van der Waals surface area contributed by atoms with Crippen molar-refractivity contribution in [2.24, 2.45) is 4.99 Å². The number of thiazole rings is 1. The van der Waals surface area contributed by atoms with E-state index in [0.717, 1.165) is 21.3 Å². The summed E-state index contributed by atoms with van der Waals surface area (Å²) in [7, 11) is 1.32. The lowest BCUT2D eigenvalue weighted by Crippen LogP contribution is -2.22. The predicted octanol–water partition coefficient (Wildman–Crippen LogP) is 3.30. The highest BCUT2D eigenvalue weighted by molar-refractivity contribution is 7.16. The molecular formula is C20H19FN2O3S. The van der Waals surface area contributed by atoms with Crippen LogP contribution >= 0.6 is 11.3 Å². The molecular weight excluding hydrogens is 367 g/mol. The molecule has 0 spiro atoms. The van der Waals surface area contributed by atoms with Crippen LogP contribution in [0, 0.1) is 19.7 Å². The molecule has 0 aliphatic heterocycles. The van der Waals surface area contributed by atoms with Crippen LogP contribution < -0.4 is 4.80 Å². The number of halogens is 1. The largest absolute Gasteiger partial charge is 0.468 e. The van der Waals surface area contributed by atoms with Gasteiger partial charge in [-0.15, -0.1) is 0 Å². The van der Waals surface area contributed by atoms with Gasteiger partial charge in [-0.1, -0.05) is 29.5 Å². The van der Waals surface area contributed by atoms with Crippen LogP contribution in [-0.2, 0) is 27.3 Å². The van der Waals surface area contributed by atoms with Gasteiger partial charge in [-0.3, -0.25) is 9.59 Å². The van der Waals surface area contributed by atoms with Crippen molar-refractivity contribution in [3.05, 3.63) is 63.7 Å². The van der Waals surface area contributed by atoms with E-state index in [-0.39, 0.29) is 24.7 Å². The van der Waals surface area contributed by atoms with E-state index in [0.29, 0.717) is 10.4 Å². The van der Waals surface area contributed by atoms with Gasteiger partial charge in [-0.2, -0.15) is 4.99 Å². The maximum Gasteiger partial charge on any atom is 0.325 e. The molecule has 1 heterocycles. The highest BCUT2D eigenvalue weighted by Crippen LogP contribution is 2.23. The van der Waals surface area contributed by atoms with Crippen molar-refractivity contribution >= 4 is 33.4 Å². The van der Waals surface area contributed by atoms with Crippen LogP contribution in [0.3, 0.4) is 0 Å². The number of amides is 1. The lowest BCUT2D eigenvalue weighted by atomic mass is 10.1. The smallest absolute Gasteiger partial charge is 0.325 e. The monoisotopic (exact) mass is 386 g/mol.